The molecule has 154 valence electrons. The van der Waals surface area contributed by atoms with Crippen molar-refractivity contribution in [3.8, 4) is 0 Å². The number of pyridine rings is 1. The summed E-state index contributed by atoms with van der Waals surface area (Å²) in [5.74, 6) is 0.710. The van der Waals surface area contributed by atoms with Crippen molar-refractivity contribution in [1.82, 2.24) is 9.88 Å². The molecule has 3 heterocycles. The molecule has 3 aromatic heterocycles. The van der Waals surface area contributed by atoms with E-state index in [-0.39, 0.29) is 12.3 Å². The Balaban J connectivity index is 1.61. The smallest absolute Gasteiger partial charge is 0.340 e. The van der Waals surface area contributed by atoms with E-state index < -0.39 is 5.63 Å². The lowest BCUT2D eigenvalue weighted by Crippen LogP contribution is -2.32. The van der Waals surface area contributed by atoms with Crippen LogP contribution in [0.5, 0.6) is 0 Å². The van der Waals surface area contributed by atoms with Gasteiger partial charge in [-0.3, -0.25) is 9.78 Å². The lowest BCUT2D eigenvalue weighted by Gasteiger charge is -2.17. The molecular weight excluding hydrogens is 380 g/mol. The number of amides is 1. The van der Waals surface area contributed by atoms with Crippen molar-refractivity contribution in [3.05, 3.63) is 75.1 Å². The van der Waals surface area contributed by atoms with Gasteiger partial charge in [0, 0.05) is 48.7 Å². The predicted molar refractivity (Wildman–Crippen MR) is 116 cm³/mol. The van der Waals surface area contributed by atoms with Gasteiger partial charge in [0.15, 0.2) is 0 Å². The number of hydrogen-bond donors (Lipinski definition) is 0. The molecule has 1 amide bonds. The number of hydrogen-bond acceptors (Lipinski definition) is 5. The van der Waals surface area contributed by atoms with Crippen LogP contribution in [0.2, 0.25) is 0 Å². The first-order valence-electron chi connectivity index (χ1n) is 9.95. The van der Waals surface area contributed by atoms with Crippen LogP contribution in [-0.2, 0) is 17.6 Å². The Bertz CT molecular complexity index is 1300. The summed E-state index contributed by atoms with van der Waals surface area (Å²) in [5.41, 5.74) is 3.84. The molecule has 30 heavy (non-hydrogen) atoms. The van der Waals surface area contributed by atoms with E-state index in [1.807, 2.05) is 45.0 Å². The van der Waals surface area contributed by atoms with Crippen molar-refractivity contribution in [2.24, 2.45) is 0 Å². The van der Waals surface area contributed by atoms with Crippen molar-refractivity contribution >= 4 is 27.8 Å². The molecule has 1 aromatic carbocycles. The monoisotopic (exact) mass is 404 g/mol. The number of aromatic nitrogens is 1. The normalized spacial score (nSPS) is 11.3. The summed E-state index contributed by atoms with van der Waals surface area (Å²) in [7, 11) is 1.74. The Morgan fingerprint density at radius 2 is 1.77 bits per heavy atom. The average Bonchev–Trinajstić information content (AvgIpc) is 3.01. The van der Waals surface area contributed by atoms with Crippen LogP contribution in [0.15, 0.2) is 50.2 Å². The maximum absolute atomic E-state index is 12.8. The second-order valence-corrected chi connectivity index (χ2v) is 7.68. The van der Waals surface area contributed by atoms with Gasteiger partial charge in [-0.25, -0.2) is 4.79 Å². The van der Waals surface area contributed by atoms with Gasteiger partial charge in [0.1, 0.15) is 16.9 Å². The highest BCUT2D eigenvalue weighted by Crippen LogP contribution is 2.31. The Kier molecular flexibility index (Phi) is 5.16. The fourth-order valence-electron chi connectivity index (χ4n) is 3.67. The van der Waals surface area contributed by atoms with Crippen LogP contribution >= 0.6 is 0 Å². The number of likely N-dealkylation sites (N-methyl/N-ethyl adjacent to an activating group) is 1. The van der Waals surface area contributed by atoms with Crippen LogP contribution in [0.3, 0.4) is 0 Å². The van der Waals surface area contributed by atoms with Crippen LogP contribution in [0.25, 0.3) is 21.9 Å². The van der Waals surface area contributed by atoms with E-state index in [1.54, 1.807) is 24.2 Å². The molecule has 0 spiro atoms. The van der Waals surface area contributed by atoms with Gasteiger partial charge in [0.05, 0.1) is 12.0 Å². The zero-order chi connectivity index (χ0) is 21.4. The van der Waals surface area contributed by atoms with Gasteiger partial charge in [0.25, 0.3) is 0 Å². The molecule has 0 unspecified atom stereocenters. The minimum Gasteiger partial charge on any atom is -0.461 e. The molecule has 4 aromatic rings. The second kappa shape index (κ2) is 7.78. The van der Waals surface area contributed by atoms with Crippen molar-refractivity contribution in [1.29, 1.82) is 0 Å². The number of nitrogens with zero attached hydrogens (tertiary/aromatic N) is 2. The summed E-state index contributed by atoms with van der Waals surface area (Å²) in [6.07, 6.45) is 2.40. The van der Waals surface area contributed by atoms with E-state index in [9.17, 15) is 9.59 Å². The standard InChI is InChI=1S/C24H24N2O4/c1-14-16(3)29-21-13-22-19(11-18(14)21)15(2)20(24(28)30-22)12-23(27)26(4)10-8-17-7-5-6-9-25-17/h5-7,9,11,13H,8,10,12H2,1-4H3. The molecule has 0 atom stereocenters. The van der Waals surface area contributed by atoms with Crippen LogP contribution in [0.1, 0.15) is 28.1 Å². The zero-order valence-electron chi connectivity index (χ0n) is 17.6. The molecule has 0 fully saturated rings. The molecule has 6 nitrogen and oxygen atoms in total. The van der Waals surface area contributed by atoms with Crippen LogP contribution in [0.4, 0.5) is 0 Å². The largest absolute Gasteiger partial charge is 0.461 e. The zero-order valence-corrected chi connectivity index (χ0v) is 17.6. The van der Waals surface area contributed by atoms with Crippen molar-refractivity contribution in [2.45, 2.75) is 33.6 Å². The van der Waals surface area contributed by atoms with E-state index in [2.05, 4.69) is 4.98 Å². The van der Waals surface area contributed by atoms with Gasteiger partial charge in [0.2, 0.25) is 5.91 Å². The third-order valence-electron chi connectivity index (χ3n) is 5.77. The molecule has 0 aliphatic rings. The first-order chi connectivity index (χ1) is 14.3. The third-order valence-corrected chi connectivity index (χ3v) is 5.77. The molecule has 4 rings (SSSR count). The summed E-state index contributed by atoms with van der Waals surface area (Å²) in [6.45, 7) is 6.31. The summed E-state index contributed by atoms with van der Waals surface area (Å²) in [4.78, 5) is 31.3. The third kappa shape index (κ3) is 3.61. The van der Waals surface area contributed by atoms with E-state index in [0.29, 0.717) is 29.7 Å². The summed E-state index contributed by atoms with van der Waals surface area (Å²) in [6, 6.07) is 9.45. The van der Waals surface area contributed by atoms with Gasteiger partial charge in [-0.05, 0) is 50.1 Å². The summed E-state index contributed by atoms with van der Waals surface area (Å²) >= 11 is 0. The molecule has 0 aliphatic heterocycles. The Morgan fingerprint density at radius 3 is 2.50 bits per heavy atom. The number of aryl methyl sites for hydroxylation is 3. The average molecular weight is 404 g/mol. The molecule has 6 heteroatoms. The summed E-state index contributed by atoms with van der Waals surface area (Å²) < 4.78 is 11.3. The van der Waals surface area contributed by atoms with Gasteiger partial charge in [-0.15, -0.1) is 0 Å². The minimum absolute atomic E-state index is 0.00423. The second-order valence-electron chi connectivity index (χ2n) is 7.68. The first-order valence-corrected chi connectivity index (χ1v) is 9.95. The number of carbonyl (C=O) groups is 1. The highest BCUT2D eigenvalue weighted by molar-refractivity contribution is 5.97. The Hall–Kier alpha value is -3.41. The molecule has 0 radical (unpaired) electrons. The fourth-order valence-corrected chi connectivity index (χ4v) is 3.67. The van der Waals surface area contributed by atoms with Crippen LogP contribution in [0, 0.1) is 20.8 Å². The van der Waals surface area contributed by atoms with E-state index in [1.165, 1.54) is 0 Å². The molecular formula is C24H24N2O4. The predicted octanol–water partition coefficient (Wildman–Crippen LogP) is 4.10. The lowest BCUT2D eigenvalue weighted by molar-refractivity contribution is -0.129. The molecule has 0 saturated heterocycles. The quantitative estimate of drug-likeness (QED) is 0.468. The number of furan rings is 1. The van der Waals surface area contributed by atoms with Crippen LogP contribution < -0.4 is 5.63 Å². The lowest BCUT2D eigenvalue weighted by atomic mass is 10.0. The van der Waals surface area contributed by atoms with Crippen LogP contribution in [-0.4, -0.2) is 29.4 Å². The number of fused-ring (bicyclic) bond motifs is 2. The number of rotatable bonds is 5. The summed E-state index contributed by atoms with van der Waals surface area (Å²) in [5, 5.41) is 1.81. The van der Waals surface area contributed by atoms with Gasteiger partial charge >= 0.3 is 5.63 Å². The van der Waals surface area contributed by atoms with Gasteiger partial charge in [-0.2, -0.15) is 0 Å². The Labute approximate surface area is 174 Å². The maximum atomic E-state index is 12.8. The molecule has 0 N–H and O–H groups in total. The van der Waals surface area contributed by atoms with Gasteiger partial charge < -0.3 is 13.7 Å². The molecule has 0 saturated carbocycles. The minimum atomic E-state index is -0.481. The highest BCUT2D eigenvalue weighted by atomic mass is 16.4. The fraction of sp³-hybridized carbons (Fsp3) is 0.292. The topological polar surface area (TPSA) is 76.6 Å². The molecule has 0 bridgehead atoms. The highest BCUT2D eigenvalue weighted by Gasteiger charge is 2.19. The SMILES string of the molecule is Cc1oc2cc3oc(=O)c(CC(=O)N(C)CCc4ccccn4)c(C)c3cc2c1C. The van der Waals surface area contributed by atoms with Crippen molar-refractivity contribution in [3.63, 3.8) is 0 Å². The Morgan fingerprint density at radius 1 is 1.03 bits per heavy atom. The van der Waals surface area contributed by atoms with E-state index in [0.717, 1.165) is 33.4 Å². The number of carbonyl (C=O) groups excluding carboxylic acids is 1. The van der Waals surface area contributed by atoms with Crippen molar-refractivity contribution in [2.75, 3.05) is 13.6 Å². The maximum Gasteiger partial charge on any atom is 0.340 e. The van der Waals surface area contributed by atoms with Crippen molar-refractivity contribution < 1.29 is 13.6 Å². The first kappa shape index (κ1) is 19.9. The van der Waals surface area contributed by atoms with E-state index >= 15 is 0 Å². The van der Waals surface area contributed by atoms with E-state index in [4.69, 9.17) is 8.83 Å². The number of benzene rings is 1. The van der Waals surface area contributed by atoms with Gasteiger partial charge in [-0.1, -0.05) is 6.07 Å². The molecule has 0 aliphatic carbocycles.